The van der Waals surface area contributed by atoms with Crippen molar-refractivity contribution < 1.29 is 23.1 Å². The second kappa shape index (κ2) is 6.23. The van der Waals surface area contributed by atoms with Gasteiger partial charge in [-0.3, -0.25) is 4.79 Å². The topological polar surface area (TPSA) is 127 Å². The molecule has 0 saturated heterocycles. The van der Waals surface area contributed by atoms with Crippen molar-refractivity contribution in [1.29, 1.82) is 0 Å². The minimum absolute atomic E-state index is 0.0131. The maximum atomic E-state index is 12.1. The van der Waals surface area contributed by atoms with E-state index in [1.165, 1.54) is 24.3 Å². The summed E-state index contributed by atoms with van der Waals surface area (Å²) in [4.78, 5) is 21.8. The fourth-order valence-corrected chi connectivity index (χ4v) is 3.55. The third-order valence-corrected chi connectivity index (χ3v) is 4.16. The van der Waals surface area contributed by atoms with Crippen LogP contribution in [-0.2, 0) is 20.6 Å². The molecular weight excluding hydrogens is 296 g/mol. The summed E-state index contributed by atoms with van der Waals surface area (Å²) >= 11 is 0. The van der Waals surface area contributed by atoms with E-state index in [0.717, 1.165) is 0 Å². The van der Waals surface area contributed by atoms with Crippen LogP contribution < -0.4 is 10.5 Å². The normalized spacial score (nSPS) is 12.1. The Balaban J connectivity index is 2.88. The lowest BCUT2D eigenvalue weighted by atomic mass is 10.0. The molecule has 21 heavy (non-hydrogen) atoms. The number of carbonyl (C=O) groups excluding carboxylic acids is 1. The van der Waals surface area contributed by atoms with Gasteiger partial charge in [0.05, 0.1) is 11.3 Å². The van der Waals surface area contributed by atoms with E-state index in [0.29, 0.717) is 5.56 Å². The highest BCUT2D eigenvalue weighted by molar-refractivity contribution is 7.88. The zero-order valence-electron chi connectivity index (χ0n) is 11.8. The van der Waals surface area contributed by atoms with E-state index in [9.17, 15) is 18.0 Å². The number of primary amides is 1. The predicted molar refractivity (Wildman–Crippen MR) is 77.1 cm³/mol. The minimum atomic E-state index is -3.73. The zero-order valence-corrected chi connectivity index (χ0v) is 12.6. The molecule has 8 heteroatoms. The summed E-state index contributed by atoms with van der Waals surface area (Å²) < 4.78 is 26.5. The van der Waals surface area contributed by atoms with Gasteiger partial charge in [-0.05, 0) is 31.5 Å². The van der Waals surface area contributed by atoms with Gasteiger partial charge in [0.15, 0.2) is 0 Å². The number of nitrogens with one attached hydrogen (secondary N) is 1. The molecule has 0 saturated carbocycles. The molecule has 1 amide bonds. The summed E-state index contributed by atoms with van der Waals surface area (Å²) in [5.41, 5.74) is 4.42. The van der Waals surface area contributed by atoms with Gasteiger partial charge in [-0.15, -0.1) is 0 Å². The smallest absolute Gasteiger partial charge is 0.335 e. The molecule has 1 aromatic rings. The van der Waals surface area contributed by atoms with E-state index in [2.05, 4.69) is 4.72 Å². The van der Waals surface area contributed by atoms with Gasteiger partial charge in [-0.2, -0.15) is 0 Å². The van der Waals surface area contributed by atoms with Gasteiger partial charge in [-0.25, -0.2) is 17.9 Å². The first-order valence-electron chi connectivity index (χ1n) is 6.13. The number of carboxylic acids is 1. The lowest BCUT2D eigenvalue weighted by molar-refractivity contribution is -0.119. The number of amides is 1. The van der Waals surface area contributed by atoms with Crippen LogP contribution in [-0.4, -0.2) is 30.9 Å². The highest BCUT2D eigenvalue weighted by Crippen LogP contribution is 2.14. The summed E-state index contributed by atoms with van der Waals surface area (Å²) in [6, 6.07) is 5.67. The van der Waals surface area contributed by atoms with E-state index in [1.807, 2.05) is 0 Å². The standard InChI is InChI=1S/C13H18N2O5S/c1-13(2,7-11(14)16)15-21(19,20)8-9-4-3-5-10(6-9)12(17)18/h3-6,15H,7-8H2,1-2H3,(H2,14,16)(H,17,18). The lowest BCUT2D eigenvalue weighted by Crippen LogP contribution is -2.46. The fourth-order valence-electron chi connectivity index (χ4n) is 1.94. The van der Waals surface area contributed by atoms with Crippen LogP contribution in [0.3, 0.4) is 0 Å². The number of hydrogen-bond acceptors (Lipinski definition) is 4. The second-order valence-corrected chi connectivity index (χ2v) is 7.12. The molecule has 0 radical (unpaired) electrons. The third kappa shape index (κ3) is 5.92. The molecule has 116 valence electrons. The Labute approximate surface area is 123 Å². The summed E-state index contributed by atoms with van der Waals surface area (Å²) in [5, 5.41) is 8.88. The molecule has 7 nitrogen and oxygen atoms in total. The van der Waals surface area contributed by atoms with Crippen molar-refractivity contribution in [3.63, 3.8) is 0 Å². The van der Waals surface area contributed by atoms with Crippen molar-refractivity contribution in [2.45, 2.75) is 31.6 Å². The molecular formula is C13H18N2O5S. The quantitative estimate of drug-likeness (QED) is 0.674. The van der Waals surface area contributed by atoms with Crippen molar-refractivity contribution in [1.82, 2.24) is 4.72 Å². The van der Waals surface area contributed by atoms with E-state index >= 15 is 0 Å². The van der Waals surface area contributed by atoms with Gasteiger partial charge in [0.2, 0.25) is 15.9 Å². The van der Waals surface area contributed by atoms with Crippen LogP contribution in [0.4, 0.5) is 0 Å². The number of benzene rings is 1. The van der Waals surface area contributed by atoms with Crippen LogP contribution in [0.5, 0.6) is 0 Å². The molecule has 0 heterocycles. The second-order valence-electron chi connectivity index (χ2n) is 5.39. The van der Waals surface area contributed by atoms with Gasteiger partial charge < -0.3 is 10.8 Å². The van der Waals surface area contributed by atoms with E-state index in [4.69, 9.17) is 10.8 Å². The Morgan fingerprint density at radius 2 is 1.95 bits per heavy atom. The zero-order chi connectivity index (χ0) is 16.3. The molecule has 0 aliphatic rings. The average Bonchev–Trinajstić information content (AvgIpc) is 2.24. The predicted octanol–water partition coefficient (Wildman–Crippen LogP) is 0.458. The summed E-state index contributed by atoms with van der Waals surface area (Å²) in [6.45, 7) is 3.09. The van der Waals surface area contributed by atoms with Crippen LogP contribution in [0.25, 0.3) is 0 Å². The van der Waals surface area contributed by atoms with Crippen LogP contribution in [0, 0.1) is 0 Å². The fraction of sp³-hybridized carbons (Fsp3) is 0.385. The molecule has 0 atom stereocenters. The number of carboxylic acid groups (broad SMARTS) is 1. The summed E-state index contributed by atoms with van der Waals surface area (Å²) in [5.74, 6) is -2.12. The van der Waals surface area contributed by atoms with Crippen LogP contribution in [0.15, 0.2) is 24.3 Å². The molecule has 1 aromatic carbocycles. The molecule has 0 bridgehead atoms. The van der Waals surface area contributed by atoms with Crippen LogP contribution in [0.2, 0.25) is 0 Å². The van der Waals surface area contributed by atoms with Crippen molar-refractivity contribution >= 4 is 21.9 Å². The Morgan fingerprint density at radius 1 is 1.33 bits per heavy atom. The SMILES string of the molecule is CC(C)(CC(N)=O)NS(=O)(=O)Cc1cccc(C(=O)O)c1. The number of aromatic carboxylic acids is 1. The Morgan fingerprint density at radius 3 is 2.48 bits per heavy atom. The number of nitrogens with two attached hydrogens (primary N) is 1. The van der Waals surface area contributed by atoms with Gasteiger partial charge in [0, 0.05) is 12.0 Å². The maximum Gasteiger partial charge on any atom is 0.335 e. The molecule has 0 unspecified atom stereocenters. The third-order valence-electron chi connectivity index (χ3n) is 2.58. The maximum absolute atomic E-state index is 12.1. The number of sulfonamides is 1. The average molecular weight is 314 g/mol. The number of rotatable bonds is 7. The Bertz CT molecular complexity index is 652. The monoisotopic (exact) mass is 314 g/mol. The van der Waals surface area contributed by atoms with Crippen molar-refractivity contribution in [3.05, 3.63) is 35.4 Å². The van der Waals surface area contributed by atoms with E-state index in [1.54, 1.807) is 13.8 Å². The van der Waals surface area contributed by atoms with Gasteiger partial charge in [-0.1, -0.05) is 12.1 Å². The van der Waals surface area contributed by atoms with Crippen molar-refractivity contribution in [2.75, 3.05) is 0 Å². The molecule has 0 aliphatic heterocycles. The first-order valence-corrected chi connectivity index (χ1v) is 7.78. The molecule has 0 fully saturated rings. The number of carbonyl (C=O) groups is 2. The Kier molecular flexibility index (Phi) is 5.08. The minimum Gasteiger partial charge on any atom is -0.478 e. The van der Waals surface area contributed by atoms with Crippen LogP contribution in [0.1, 0.15) is 36.2 Å². The molecule has 4 N–H and O–H groups in total. The molecule has 0 aromatic heterocycles. The van der Waals surface area contributed by atoms with Gasteiger partial charge in [0.25, 0.3) is 0 Å². The number of hydrogen-bond donors (Lipinski definition) is 3. The summed E-state index contributed by atoms with van der Waals surface area (Å²) in [6.07, 6.45) is -0.138. The highest BCUT2D eigenvalue weighted by Gasteiger charge is 2.27. The van der Waals surface area contributed by atoms with Crippen LogP contribution >= 0.6 is 0 Å². The summed E-state index contributed by atoms with van der Waals surface area (Å²) in [7, 11) is -3.73. The van der Waals surface area contributed by atoms with E-state index in [-0.39, 0.29) is 17.7 Å². The van der Waals surface area contributed by atoms with Gasteiger partial charge in [0.1, 0.15) is 0 Å². The molecule has 0 aliphatic carbocycles. The van der Waals surface area contributed by atoms with Gasteiger partial charge >= 0.3 is 5.97 Å². The Hall–Kier alpha value is -1.93. The molecule has 1 rings (SSSR count). The van der Waals surface area contributed by atoms with Crippen molar-refractivity contribution in [3.8, 4) is 0 Å². The molecule has 0 spiro atoms. The highest BCUT2D eigenvalue weighted by atomic mass is 32.2. The lowest BCUT2D eigenvalue weighted by Gasteiger charge is -2.24. The first-order chi connectivity index (χ1) is 9.51. The first kappa shape index (κ1) is 17.1. The van der Waals surface area contributed by atoms with Crippen molar-refractivity contribution in [2.24, 2.45) is 5.73 Å². The van der Waals surface area contributed by atoms with E-state index < -0.39 is 27.4 Å². The largest absolute Gasteiger partial charge is 0.478 e.